The molecule has 0 aliphatic carbocycles. The summed E-state index contributed by atoms with van der Waals surface area (Å²) in [6.07, 6.45) is 2.48. The molecule has 0 amide bonds. The highest BCUT2D eigenvalue weighted by Gasteiger charge is 2.06. The van der Waals surface area contributed by atoms with Crippen molar-refractivity contribution in [1.29, 1.82) is 0 Å². The van der Waals surface area contributed by atoms with Gasteiger partial charge in [0.05, 0.1) is 6.10 Å². The van der Waals surface area contributed by atoms with Crippen molar-refractivity contribution in [3.63, 3.8) is 0 Å². The van der Waals surface area contributed by atoms with Crippen molar-refractivity contribution in [2.45, 2.75) is 25.4 Å². The molecule has 1 N–H and O–H groups in total. The Hall–Kier alpha value is -1.60. The number of aryl methyl sites for hydroxylation is 1. The maximum Gasteiger partial charge on any atom is 0.0790 e. The van der Waals surface area contributed by atoms with Crippen molar-refractivity contribution in [3.05, 3.63) is 71.8 Å². The standard InChI is InChI=1S/C16H17O/c17-16(15-11-5-2-6-12-15)13-7-10-14-8-3-1-4-9-14/h1,3-6,8-9,11-12,16-17H,7,10,13H2. The minimum Gasteiger partial charge on any atom is -0.388 e. The molecule has 0 fully saturated rings. The molecule has 1 nitrogen and oxygen atoms in total. The summed E-state index contributed by atoms with van der Waals surface area (Å²) in [5.41, 5.74) is 2.32. The van der Waals surface area contributed by atoms with Crippen molar-refractivity contribution in [2.75, 3.05) is 0 Å². The van der Waals surface area contributed by atoms with Gasteiger partial charge in [-0.3, -0.25) is 0 Å². The second-order valence-corrected chi connectivity index (χ2v) is 4.23. The number of benzene rings is 2. The highest BCUT2D eigenvalue weighted by molar-refractivity contribution is 5.17. The number of aliphatic hydroxyl groups excluding tert-OH is 1. The van der Waals surface area contributed by atoms with Crippen molar-refractivity contribution < 1.29 is 5.11 Å². The predicted octanol–water partition coefficient (Wildman–Crippen LogP) is 3.54. The highest BCUT2D eigenvalue weighted by Crippen LogP contribution is 2.18. The largest absolute Gasteiger partial charge is 0.388 e. The van der Waals surface area contributed by atoms with Gasteiger partial charge < -0.3 is 5.11 Å². The number of hydrogen-bond acceptors (Lipinski definition) is 1. The highest BCUT2D eigenvalue weighted by atomic mass is 16.3. The first-order chi connectivity index (χ1) is 8.36. The van der Waals surface area contributed by atoms with Crippen molar-refractivity contribution >= 4 is 0 Å². The molecule has 0 heterocycles. The average molecular weight is 225 g/mol. The van der Waals surface area contributed by atoms with Crippen LogP contribution in [-0.4, -0.2) is 5.11 Å². The molecule has 0 aromatic heterocycles. The van der Waals surface area contributed by atoms with Crippen molar-refractivity contribution in [2.24, 2.45) is 0 Å². The molecular weight excluding hydrogens is 208 g/mol. The molecule has 17 heavy (non-hydrogen) atoms. The van der Waals surface area contributed by atoms with E-state index in [1.54, 1.807) is 0 Å². The number of hydrogen-bond donors (Lipinski definition) is 1. The number of aliphatic hydroxyl groups is 1. The Morgan fingerprint density at radius 2 is 1.71 bits per heavy atom. The van der Waals surface area contributed by atoms with Crippen LogP contribution in [0.25, 0.3) is 0 Å². The third kappa shape index (κ3) is 3.72. The maximum absolute atomic E-state index is 9.98. The zero-order chi connectivity index (χ0) is 11.9. The zero-order valence-corrected chi connectivity index (χ0v) is 9.84. The number of rotatable bonds is 5. The van der Waals surface area contributed by atoms with E-state index in [1.807, 2.05) is 30.3 Å². The van der Waals surface area contributed by atoms with Crippen LogP contribution in [0.3, 0.4) is 0 Å². The molecule has 2 rings (SSSR count). The van der Waals surface area contributed by atoms with Crippen molar-refractivity contribution in [1.82, 2.24) is 0 Å². The lowest BCUT2D eigenvalue weighted by atomic mass is 10.0. The summed E-state index contributed by atoms with van der Waals surface area (Å²) in [7, 11) is 0. The van der Waals surface area contributed by atoms with E-state index in [9.17, 15) is 5.11 Å². The Labute approximate surface area is 103 Å². The summed E-state index contributed by atoms with van der Waals surface area (Å²) in [4.78, 5) is 0. The molecule has 1 radical (unpaired) electrons. The van der Waals surface area contributed by atoms with E-state index >= 15 is 0 Å². The monoisotopic (exact) mass is 225 g/mol. The van der Waals surface area contributed by atoms with Gasteiger partial charge in [-0.05, 0) is 36.5 Å². The average Bonchev–Trinajstić information content (AvgIpc) is 2.41. The first kappa shape index (κ1) is 11.9. The van der Waals surface area contributed by atoms with Gasteiger partial charge in [0.25, 0.3) is 0 Å². The Kier molecular flexibility index (Phi) is 4.34. The Morgan fingerprint density at radius 3 is 2.41 bits per heavy atom. The van der Waals surface area contributed by atoms with Gasteiger partial charge in [-0.15, -0.1) is 0 Å². The predicted molar refractivity (Wildman–Crippen MR) is 69.6 cm³/mol. The fraction of sp³-hybridized carbons (Fsp3) is 0.250. The van der Waals surface area contributed by atoms with Crippen LogP contribution in [-0.2, 0) is 6.42 Å². The Balaban J connectivity index is 1.79. The smallest absolute Gasteiger partial charge is 0.0790 e. The van der Waals surface area contributed by atoms with Crippen LogP contribution in [0.1, 0.15) is 30.1 Å². The van der Waals surface area contributed by atoms with E-state index in [4.69, 9.17) is 0 Å². The second-order valence-electron chi connectivity index (χ2n) is 4.23. The Bertz CT molecular complexity index is 422. The molecule has 1 heteroatoms. The van der Waals surface area contributed by atoms with Gasteiger partial charge in [-0.25, -0.2) is 0 Å². The fourth-order valence-corrected chi connectivity index (χ4v) is 1.93. The molecule has 0 spiro atoms. The van der Waals surface area contributed by atoms with Crippen LogP contribution in [0, 0.1) is 6.07 Å². The summed E-state index contributed by atoms with van der Waals surface area (Å²) < 4.78 is 0. The summed E-state index contributed by atoms with van der Waals surface area (Å²) >= 11 is 0. The topological polar surface area (TPSA) is 20.2 Å². The molecular formula is C16H17O. The molecule has 0 aliphatic rings. The van der Waals surface area contributed by atoms with E-state index in [0.29, 0.717) is 0 Å². The summed E-state index contributed by atoms with van der Waals surface area (Å²) in [6, 6.07) is 20.9. The van der Waals surface area contributed by atoms with Crippen LogP contribution in [0.5, 0.6) is 0 Å². The molecule has 2 aromatic carbocycles. The van der Waals surface area contributed by atoms with E-state index in [0.717, 1.165) is 24.8 Å². The summed E-state index contributed by atoms with van der Waals surface area (Å²) in [5, 5.41) is 9.98. The first-order valence-corrected chi connectivity index (χ1v) is 6.04. The molecule has 0 bridgehead atoms. The summed E-state index contributed by atoms with van der Waals surface area (Å²) in [5.74, 6) is 0. The van der Waals surface area contributed by atoms with E-state index < -0.39 is 0 Å². The van der Waals surface area contributed by atoms with Gasteiger partial charge >= 0.3 is 0 Å². The quantitative estimate of drug-likeness (QED) is 0.825. The van der Waals surface area contributed by atoms with Gasteiger partial charge in [-0.2, -0.15) is 0 Å². The first-order valence-electron chi connectivity index (χ1n) is 6.04. The fourth-order valence-electron chi connectivity index (χ4n) is 1.93. The minimum absolute atomic E-state index is 0.353. The molecule has 0 saturated carbocycles. The van der Waals surface area contributed by atoms with Gasteiger partial charge in [0.2, 0.25) is 0 Å². The van der Waals surface area contributed by atoms with Crippen LogP contribution < -0.4 is 0 Å². The molecule has 0 aliphatic heterocycles. The van der Waals surface area contributed by atoms with Crippen LogP contribution >= 0.6 is 0 Å². The third-order valence-electron chi connectivity index (χ3n) is 2.91. The van der Waals surface area contributed by atoms with E-state index in [2.05, 4.69) is 30.3 Å². The lowest BCUT2D eigenvalue weighted by molar-refractivity contribution is 0.164. The normalized spacial score (nSPS) is 12.3. The lowest BCUT2D eigenvalue weighted by Crippen LogP contribution is -1.98. The molecule has 2 aromatic rings. The minimum atomic E-state index is -0.353. The van der Waals surface area contributed by atoms with Gasteiger partial charge in [0.15, 0.2) is 0 Å². The third-order valence-corrected chi connectivity index (χ3v) is 2.91. The molecule has 87 valence electrons. The zero-order valence-electron chi connectivity index (χ0n) is 9.84. The van der Waals surface area contributed by atoms with Crippen LogP contribution in [0.15, 0.2) is 54.6 Å². The summed E-state index contributed by atoms with van der Waals surface area (Å²) in [6.45, 7) is 0. The lowest BCUT2D eigenvalue weighted by Gasteiger charge is -2.10. The second kappa shape index (κ2) is 6.21. The Morgan fingerprint density at radius 1 is 1.00 bits per heavy atom. The molecule has 1 atom stereocenters. The van der Waals surface area contributed by atoms with Crippen LogP contribution in [0.4, 0.5) is 0 Å². The molecule has 1 unspecified atom stereocenters. The van der Waals surface area contributed by atoms with Gasteiger partial charge in [0.1, 0.15) is 0 Å². The van der Waals surface area contributed by atoms with E-state index in [1.165, 1.54) is 5.56 Å². The maximum atomic E-state index is 9.98. The van der Waals surface area contributed by atoms with Gasteiger partial charge in [-0.1, -0.05) is 54.6 Å². The SMILES string of the molecule is OC(CCCc1ccccc1)c1cc[c]cc1. The molecule has 0 saturated heterocycles. The van der Waals surface area contributed by atoms with E-state index in [-0.39, 0.29) is 6.10 Å². The van der Waals surface area contributed by atoms with Crippen LogP contribution in [0.2, 0.25) is 0 Å². The van der Waals surface area contributed by atoms with Crippen molar-refractivity contribution in [3.8, 4) is 0 Å². The van der Waals surface area contributed by atoms with Gasteiger partial charge in [0, 0.05) is 0 Å².